The number of nitrogens with one attached hydrogen (secondary N) is 2. The Labute approximate surface area is 170 Å². The predicted molar refractivity (Wildman–Crippen MR) is 112 cm³/mol. The van der Waals surface area contributed by atoms with Gasteiger partial charge in [0.05, 0.1) is 12.6 Å². The van der Waals surface area contributed by atoms with Crippen LogP contribution in [0.3, 0.4) is 0 Å². The highest BCUT2D eigenvalue weighted by Crippen LogP contribution is 2.24. The highest BCUT2D eigenvalue weighted by atomic mass is 35.5. The lowest BCUT2D eigenvalue weighted by atomic mass is 10.1. The molecule has 1 fully saturated rings. The van der Waals surface area contributed by atoms with Gasteiger partial charge in [-0.3, -0.25) is 9.48 Å². The van der Waals surface area contributed by atoms with Crippen LogP contribution in [-0.2, 0) is 0 Å². The third-order valence-corrected chi connectivity index (χ3v) is 4.88. The summed E-state index contributed by atoms with van der Waals surface area (Å²) in [6.07, 6.45) is 4.12. The molecule has 0 saturated carbocycles. The van der Waals surface area contributed by atoms with E-state index < -0.39 is 0 Å². The zero-order valence-electron chi connectivity index (χ0n) is 15.6. The lowest BCUT2D eigenvalue weighted by Gasteiger charge is -2.22. The molecule has 0 bridgehead atoms. The molecule has 7 heteroatoms. The third-order valence-electron chi connectivity index (χ3n) is 4.88. The summed E-state index contributed by atoms with van der Waals surface area (Å²) in [6, 6.07) is 16.2. The molecule has 28 heavy (non-hydrogen) atoms. The second-order valence-electron chi connectivity index (χ2n) is 6.76. The zero-order chi connectivity index (χ0) is 18.5. The monoisotopic (exact) mass is 400 g/mol. The van der Waals surface area contributed by atoms with Gasteiger partial charge in [-0.1, -0.05) is 36.4 Å². The van der Waals surface area contributed by atoms with Gasteiger partial charge >= 0.3 is 0 Å². The summed E-state index contributed by atoms with van der Waals surface area (Å²) >= 11 is 0. The van der Waals surface area contributed by atoms with Crippen LogP contribution in [0.15, 0.2) is 54.7 Å². The first-order valence-electron chi connectivity index (χ1n) is 9.46. The van der Waals surface area contributed by atoms with Gasteiger partial charge in [-0.15, -0.1) is 12.4 Å². The van der Waals surface area contributed by atoms with Crippen molar-refractivity contribution in [2.45, 2.75) is 18.9 Å². The fraction of sp³-hybridized carbons (Fsp3) is 0.333. The molecule has 1 unspecified atom stereocenters. The Morgan fingerprint density at radius 2 is 2.07 bits per heavy atom. The van der Waals surface area contributed by atoms with Crippen molar-refractivity contribution in [2.24, 2.45) is 0 Å². The van der Waals surface area contributed by atoms with Gasteiger partial charge in [0.15, 0.2) is 0 Å². The second kappa shape index (κ2) is 9.57. The molecule has 1 saturated heterocycles. The maximum absolute atomic E-state index is 12.3. The molecule has 3 aromatic rings. The topological polar surface area (TPSA) is 68.2 Å². The number of aromatic nitrogens is 2. The number of hydrogen-bond acceptors (Lipinski definition) is 4. The number of fused-ring (bicyclic) bond motifs is 1. The average Bonchev–Trinajstić information content (AvgIpc) is 3.22. The van der Waals surface area contributed by atoms with E-state index in [1.54, 1.807) is 6.07 Å². The summed E-state index contributed by atoms with van der Waals surface area (Å²) in [6.45, 7) is 2.80. The number of rotatable bonds is 6. The average molecular weight is 401 g/mol. The summed E-state index contributed by atoms with van der Waals surface area (Å²) in [7, 11) is 0. The molecule has 1 aromatic heterocycles. The minimum Gasteiger partial charge on any atom is -0.491 e. The zero-order valence-corrected chi connectivity index (χ0v) is 16.5. The molecule has 0 spiro atoms. The highest BCUT2D eigenvalue weighted by Gasteiger charge is 2.17. The van der Waals surface area contributed by atoms with Crippen molar-refractivity contribution in [3.8, 4) is 5.75 Å². The molecule has 1 atom stereocenters. The molecule has 1 aliphatic heterocycles. The minimum absolute atomic E-state index is 0. The Morgan fingerprint density at radius 3 is 2.93 bits per heavy atom. The van der Waals surface area contributed by atoms with Gasteiger partial charge < -0.3 is 15.4 Å². The largest absolute Gasteiger partial charge is 0.491 e. The number of benzene rings is 2. The van der Waals surface area contributed by atoms with Crippen LogP contribution in [0.25, 0.3) is 10.8 Å². The minimum atomic E-state index is -0.168. The predicted octanol–water partition coefficient (Wildman–Crippen LogP) is 3.19. The maximum atomic E-state index is 12.3. The Kier molecular flexibility index (Phi) is 6.90. The van der Waals surface area contributed by atoms with Gasteiger partial charge in [0.2, 0.25) is 0 Å². The molecular formula is C21H25ClN4O2. The molecule has 1 amide bonds. The first-order valence-corrected chi connectivity index (χ1v) is 9.46. The lowest BCUT2D eigenvalue weighted by Crippen LogP contribution is -2.32. The summed E-state index contributed by atoms with van der Waals surface area (Å²) in [5, 5.41) is 12.9. The summed E-state index contributed by atoms with van der Waals surface area (Å²) in [5.41, 5.74) is 0.450. The van der Waals surface area contributed by atoms with E-state index in [-0.39, 0.29) is 18.3 Å². The first-order chi connectivity index (χ1) is 13.3. The molecule has 4 rings (SSSR count). The summed E-state index contributed by atoms with van der Waals surface area (Å²) < 4.78 is 7.75. The van der Waals surface area contributed by atoms with Crippen LogP contribution in [0.4, 0.5) is 0 Å². The van der Waals surface area contributed by atoms with Crippen molar-refractivity contribution in [3.63, 3.8) is 0 Å². The Bertz CT molecular complexity index is 916. The van der Waals surface area contributed by atoms with Crippen LogP contribution in [0.5, 0.6) is 5.75 Å². The van der Waals surface area contributed by atoms with E-state index in [1.807, 2.05) is 41.2 Å². The molecular weight excluding hydrogens is 376 g/mol. The molecule has 0 aliphatic carbocycles. The number of carbonyl (C=O) groups is 1. The summed E-state index contributed by atoms with van der Waals surface area (Å²) in [5.74, 6) is 0.662. The number of hydrogen-bond donors (Lipinski definition) is 2. The van der Waals surface area contributed by atoms with Crippen LogP contribution >= 0.6 is 12.4 Å². The molecule has 6 nitrogen and oxygen atoms in total. The van der Waals surface area contributed by atoms with Gasteiger partial charge in [-0.2, -0.15) is 5.10 Å². The van der Waals surface area contributed by atoms with Crippen molar-refractivity contribution in [1.29, 1.82) is 0 Å². The molecule has 2 heterocycles. The van der Waals surface area contributed by atoms with Crippen LogP contribution < -0.4 is 15.4 Å². The van der Waals surface area contributed by atoms with E-state index in [4.69, 9.17) is 4.74 Å². The Hall–Kier alpha value is -2.57. The van der Waals surface area contributed by atoms with Crippen molar-refractivity contribution < 1.29 is 9.53 Å². The molecule has 0 radical (unpaired) electrons. The van der Waals surface area contributed by atoms with Gasteiger partial charge in [0, 0.05) is 18.1 Å². The number of halogens is 1. The molecule has 2 N–H and O–H groups in total. The maximum Gasteiger partial charge on any atom is 0.271 e. The fourth-order valence-electron chi connectivity index (χ4n) is 3.46. The lowest BCUT2D eigenvalue weighted by molar-refractivity contribution is 0.0940. The standard InChI is InChI=1S/C21H24N4O2.ClH/c26-21(19-10-13-25(24-19)17-7-4-11-22-15-17)23-12-14-27-20-9-3-6-16-5-1-2-8-18(16)20;/h1-3,5-6,8-10,13,17,22H,4,7,11-12,14-15H2,(H,23,26);1H. The van der Waals surface area contributed by atoms with Crippen LogP contribution in [0.2, 0.25) is 0 Å². The quantitative estimate of drug-likeness (QED) is 0.623. The summed E-state index contributed by atoms with van der Waals surface area (Å²) in [4.78, 5) is 12.3. The number of ether oxygens (including phenoxy) is 1. The number of piperidine rings is 1. The van der Waals surface area contributed by atoms with Crippen molar-refractivity contribution >= 4 is 29.1 Å². The normalized spacial score (nSPS) is 16.4. The number of carbonyl (C=O) groups excluding carboxylic acids is 1. The van der Waals surface area contributed by atoms with Gasteiger partial charge in [-0.25, -0.2) is 0 Å². The van der Waals surface area contributed by atoms with Gasteiger partial charge in [-0.05, 0) is 36.9 Å². The SMILES string of the molecule is Cl.O=C(NCCOc1cccc2ccccc12)c1ccn(C2CCCNC2)n1. The highest BCUT2D eigenvalue weighted by molar-refractivity contribution is 5.92. The van der Waals surface area contributed by atoms with Crippen molar-refractivity contribution in [3.05, 3.63) is 60.4 Å². The van der Waals surface area contributed by atoms with Crippen molar-refractivity contribution in [2.75, 3.05) is 26.2 Å². The van der Waals surface area contributed by atoms with Gasteiger partial charge in [0.25, 0.3) is 5.91 Å². The third kappa shape index (κ3) is 4.64. The van der Waals surface area contributed by atoms with E-state index >= 15 is 0 Å². The smallest absolute Gasteiger partial charge is 0.271 e. The van der Waals surface area contributed by atoms with Crippen LogP contribution in [-0.4, -0.2) is 41.9 Å². The van der Waals surface area contributed by atoms with E-state index in [0.29, 0.717) is 24.9 Å². The van der Waals surface area contributed by atoms with E-state index in [2.05, 4.69) is 27.9 Å². The first kappa shape index (κ1) is 20.2. The fourth-order valence-corrected chi connectivity index (χ4v) is 3.46. The second-order valence-corrected chi connectivity index (χ2v) is 6.76. The van der Waals surface area contributed by atoms with E-state index in [0.717, 1.165) is 42.5 Å². The number of nitrogens with zero attached hydrogens (tertiary/aromatic N) is 2. The number of amides is 1. The Balaban J connectivity index is 0.00000225. The molecule has 2 aromatic carbocycles. The van der Waals surface area contributed by atoms with Crippen LogP contribution in [0, 0.1) is 0 Å². The van der Waals surface area contributed by atoms with Crippen molar-refractivity contribution in [1.82, 2.24) is 20.4 Å². The van der Waals surface area contributed by atoms with Gasteiger partial charge in [0.1, 0.15) is 18.1 Å². The molecule has 148 valence electrons. The Morgan fingerprint density at radius 1 is 1.21 bits per heavy atom. The van der Waals surface area contributed by atoms with Crippen LogP contribution in [0.1, 0.15) is 29.4 Å². The van der Waals surface area contributed by atoms with E-state index in [9.17, 15) is 4.79 Å². The molecule has 1 aliphatic rings. The van der Waals surface area contributed by atoms with E-state index in [1.165, 1.54) is 0 Å².